The number of esters is 1. The van der Waals surface area contributed by atoms with Gasteiger partial charge in [0.1, 0.15) is 40.6 Å². The van der Waals surface area contributed by atoms with E-state index in [1.165, 1.54) is 55.2 Å². The number of ether oxygens (including phenoxy) is 7. The van der Waals surface area contributed by atoms with Crippen molar-refractivity contribution >= 4 is 27.3 Å². The molecule has 2 aromatic rings. The van der Waals surface area contributed by atoms with E-state index >= 15 is 0 Å². The SMILES string of the molecule is CCCNC[C@]1(O)[C@H](C)OC(O[C@H]2[C@H](C)[C@@H](O[C@@H]3O[C@H](C)C[C@H](N(C)S(=O)(=O)c4scnc4C)[C@H]3Oc3ccc(F)cc3)[C@](C)(O)C[C@@H](C)CN[C@H](C)[C@@H](O)[C@](C)(O)[C@@H](CC)OC(=O)[C@@H]2C)C[C@@]1(C)OC. The number of likely N-dealkylation sites (N-methyl/N-ethyl adjacent to an activating group) is 1. The van der Waals surface area contributed by atoms with Crippen LogP contribution in [0.2, 0.25) is 0 Å². The quantitative estimate of drug-likeness (QED) is 0.105. The van der Waals surface area contributed by atoms with Gasteiger partial charge < -0.3 is 64.2 Å². The first-order chi connectivity index (χ1) is 33.1. The number of halogens is 1. The van der Waals surface area contributed by atoms with Gasteiger partial charge in [-0.2, -0.15) is 4.31 Å². The molecule has 21 heteroatoms. The highest BCUT2D eigenvalue weighted by molar-refractivity contribution is 7.91. The third kappa shape index (κ3) is 13.1. The molecule has 71 heavy (non-hydrogen) atoms. The number of methoxy groups -OCH3 is 1. The van der Waals surface area contributed by atoms with E-state index in [1.54, 1.807) is 62.3 Å². The summed E-state index contributed by atoms with van der Waals surface area (Å²) in [5, 5.41) is 55.3. The molecule has 1 aromatic heterocycles. The lowest BCUT2D eigenvalue weighted by atomic mass is 9.75. The summed E-state index contributed by atoms with van der Waals surface area (Å²) in [6.07, 6.45) is -9.10. The minimum absolute atomic E-state index is 0.00267. The third-order valence-electron chi connectivity index (χ3n) is 15.2. The molecule has 0 spiro atoms. The van der Waals surface area contributed by atoms with Gasteiger partial charge in [0, 0.05) is 39.1 Å². The standard InChI is InChI=1S/C50H83FN4O14S2/c1-15-21-52-26-50(60)34(9)65-39(24-48(50,11)63-14)68-40-30(5)43(47(10,58)23-28(3)25-53-32(7)42(56)49(12,59)38(16-2)67-44(57)31(40)6)69-45-41(66-36-19-17-35(51)18-20-36)37(22-29(4)64-45)55(13)71(61,62)46-33(8)54-27-70-46/h17-20,27-32,34,37-43,45,52-53,56,58-60H,15-16,21-26H2,1-14H3/t28-,29-,30+,31-,32-,34+,37+,38-,39?,40+,41-,42-,43-,45+,47-,48-,49-,50+/m1/s1. The van der Waals surface area contributed by atoms with Crippen LogP contribution in [0.1, 0.15) is 114 Å². The highest BCUT2D eigenvalue weighted by atomic mass is 32.2. The van der Waals surface area contributed by atoms with Crippen LogP contribution in [0.4, 0.5) is 4.39 Å². The number of nitrogens with zero attached hydrogens (tertiary/aromatic N) is 2. The van der Waals surface area contributed by atoms with Crippen molar-refractivity contribution in [2.75, 3.05) is 33.8 Å². The van der Waals surface area contributed by atoms with Gasteiger partial charge in [-0.3, -0.25) is 4.79 Å². The lowest BCUT2D eigenvalue weighted by Gasteiger charge is -2.53. The normalized spacial score (nSPS) is 40.4. The Kier molecular flexibility index (Phi) is 20.1. The predicted octanol–water partition coefficient (Wildman–Crippen LogP) is 4.68. The molecule has 3 saturated heterocycles. The number of carbonyl (C=O) groups is 1. The molecule has 3 aliphatic rings. The largest absolute Gasteiger partial charge is 0.483 e. The fourth-order valence-corrected chi connectivity index (χ4v) is 13.4. The minimum atomic E-state index is -4.18. The van der Waals surface area contributed by atoms with Crippen LogP contribution >= 0.6 is 11.3 Å². The lowest BCUT2D eigenvalue weighted by molar-refractivity contribution is -0.335. The molecular weight excluding hydrogens is 964 g/mol. The van der Waals surface area contributed by atoms with E-state index in [2.05, 4.69) is 15.6 Å². The number of aromatic nitrogens is 1. The molecule has 6 N–H and O–H groups in total. The Bertz CT molecular complexity index is 2140. The topological polar surface area (TPSA) is 237 Å². The first-order valence-corrected chi connectivity index (χ1v) is 27.4. The van der Waals surface area contributed by atoms with E-state index in [0.717, 1.165) is 17.8 Å². The smallest absolute Gasteiger partial charge is 0.311 e. The van der Waals surface area contributed by atoms with Crippen molar-refractivity contribution in [3.05, 3.63) is 41.3 Å². The second-order valence-electron chi connectivity index (χ2n) is 21.0. The maximum Gasteiger partial charge on any atom is 0.311 e. The van der Waals surface area contributed by atoms with Crippen molar-refractivity contribution in [3.63, 3.8) is 0 Å². The molecule has 0 radical (unpaired) electrons. The number of hydrogen-bond acceptors (Lipinski definition) is 18. The predicted molar refractivity (Wildman–Crippen MR) is 265 cm³/mol. The number of nitrogens with one attached hydrogen (secondary N) is 2. The Hall–Kier alpha value is -2.48. The number of thiazole rings is 1. The summed E-state index contributed by atoms with van der Waals surface area (Å²) < 4.78 is 90.3. The molecule has 3 fully saturated rings. The highest BCUT2D eigenvalue weighted by Gasteiger charge is 2.59. The summed E-state index contributed by atoms with van der Waals surface area (Å²) in [5.41, 5.74) is -4.65. The number of aliphatic hydroxyl groups is 4. The molecule has 4 heterocycles. The fraction of sp³-hybridized carbons (Fsp3) is 0.800. The van der Waals surface area contributed by atoms with Crippen LogP contribution in [0.25, 0.3) is 0 Å². The molecule has 18 atom stereocenters. The van der Waals surface area contributed by atoms with Gasteiger partial charge in [-0.05, 0) is 124 Å². The number of hydrogen-bond donors (Lipinski definition) is 6. The molecule has 1 aromatic carbocycles. The van der Waals surface area contributed by atoms with Crippen LogP contribution in [-0.4, -0.2) is 168 Å². The van der Waals surface area contributed by atoms with Gasteiger partial charge in [-0.15, -0.1) is 11.3 Å². The number of rotatable bonds is 15. The van der Waals surface area contributed by atoms with Gasteiger partial charge in [0.15, 0.2) is 22.9 Å². The number of sulfonamides is 1. The number of carbonyl (C=O) groups excluding carboxylic acids is 1. The highest BCUT2D eigenvalue weighted by Crippen LogP contribution is 2.44. The van der Waals surface area contributed by atoms with Crippen molar-refractivity contribution in [2.45, 2.75) is 209 Å². The van der Waals surface area contributed by atoms with Crippen LogP contribution in [-0.2, 0) is 43.2 Å². The molecule has 406 valence electrons. The number of benzene rings is 1. The molecule has 5 rings (SSSR count). The van der Waals surface area contributed by atoms with Gasteiger partial charge >= 0.3 is 5.97 Å². The molecule has 18 nitrogen and oxygen atoms in total. The monoisotopic (exact) mass is 1050 g/mol. The van der Waals surface area contributed by atoms with Crippen molar-refractivity contribution in [3.8, 4) is 5.75 Å². The lowest BCUT2D eigenvalue weighted by Crippen LogP contribution is -2.70. The van der Waals surface area contributed by atoms with Crippen LogP contribution in [0.5, 0.6) is 5.75 Å². The Labute approximate surface area is 424 Å². The van der Waals surface area contributed by atoms with E-state index < -0.39 is 123 Å². The van der Waals surface area contributed by atoms with E-state index in [4.69, 9.17) is 33.2 Å². The summed E-state index contributed by atoms with van der Waals surface area (Å²) in [6.45, 7) is 21.7. The van der Waals surface area contributed by atoms with Crippen molar-refractivity contribution < 1.29 is 71.2 Å². The molecule has 0 saturated carbocycles. The zero-order valence-corrected chi connectivity index (χ0v) is 45.7. The molecule has 0 amide bonds. The van der Waals surface area contributed by atoms with E-state index in [9.17, 15) is 38.0 Å². The average molecular weight is 1050 g/mol. The van der Waals surface area contributed by atoms with Crippen LogP contribution in [0.15, 0.2) is 34.0 Å². The number of cyclic esters (lactones) is 1. The van der Waals surface area contributed by atoms with E-state index in [-0.39, 0.29) is 54.6 Å². The average Bonchev–Trinajstić information content (AvgIpc) is 3.76. The van der Waals surface area contributed by atoms with Crippen molar-refractivity contribution in [1.29, 1.82) is 0 Å². The van der Waals surface area contributed by atoms with E-state index in [1.807, 2.05) is 13.8 Å². The summed E-state index contributed by atoms with van der Waals surface area (Å²) in [7, 11) is -1.23. The fourth-order valence-electron chi connectivity index (χ4n) is 10.7. The molecule has 0 bridgehead atoms. The zero-order chi connectivity index (χ0) is 53.0. The second kappa shape index (κ2) is 24.0. The summed E-state index contributed by atoms with van der Waals surface area (Å²) in [4.78, 5) is 18.9. The molecule has 0 aliphatic carbocycles. The first-order valence-electron chi connectivity index (χ1n) is 25.0. The van der Waals surface area contributed by atoms with Crippen molar-refractivity contribution in [1.82, 2.24) is 19.9 Å². The third-order valence-corrected chi connectivity index (χ3v) is 18.6. The molecular formula is C50H83FN4O14S2. The van der Waals surface area contributed by atoms with E-state index in [0.29, 0.717) is 12.2 Å². The van der Waals surface area contributed by atoms with Crippen LogP contribution in [0.3, 0.4) is 0 Å². The Balaban J connectivity index is 1.66. The van der Waals surface area contributed by atoms with Crippen LogP contribution in [0, 0.1) is 30.5 Å². The van der Waals surface area contributed by atoms with Crippen molar-refractivity contribution in [2.24, 2.45) is 17.8 Å². The Morgan fingerprint density at radius 3 is 2.25 bits per heavy atom. The minimum Gasteiger partial charge on any atom is -0.483 e. The van der Waals surface area contributed by atoms with Gasteiger partial charge in [-0.25, -0.2) is 17.8 Å². The van der Waals surface area contributed by atoms with Gasteiger partial charge in [-0.1, -0.05) is 27.7 Å². The Morgan fingerprint density at radius 1 is 1.00 bits per heavy atom. The second-order valence-corrected chi connectivity index (χ2v) is 24.1. The first kappa shape index (κ1) is 59.4. The van der Waals surface area contributed by atoms with Crippen LogP contribution < -0.4 is 15.4 Å². The zero-order valence-electron chi connectivity index (χ0n) is 44.1. The summed E-state index contributed by atoms with van der Waals surface area (Å²) >= 11 is 0.984. The maximum atomic E-state index is 14.7. The summed E-state index contributed by atoms with van der Waals surface area (Å²) in [6, 6.07) is 3.62. The summed E-state index contributed by atoms with van der Waals surface area (Å²) in [5.74, 6) is -3.55. The van der Waals surface area contributed by atoms with Gasteiger partial charge in [0.2, 0.25) is 0 Å². The number of aryl methyl sites for hydroxylation is 1. The Morgan fingerprint density at radius 2 is 1.66 bits per heavy atom. The number of aliphatic hydroxyl groups excluding tert-OH is 1. The maximum absolute atomic E-state index is 14.7. The van der Waals surface area contributed by atoms with Gasteiger partial charge in [0.25, 0.3) is 10.0 Å². The molecule has 1 unspecified atom stereocenters. The van der Waals surface area contributed by atoms with Gasteiger partial charge in [0.05, 0.1) is 53.2 Å². The molecule has 3 aliphatic heterocycles.